The van der Waals surface area contributed by atoms with Crippen molar-refractivity contribution in [2.75, 3.05) is 0 Å². The summed E-state index contributed by atoms with van der Waals surface area (Å²) in [5.74, 6) is 0. The van der Waals surface area contributed by atoms with Crippen LogP contribution in [0.15, 0.2) is 114 Å². The minimum absolute atomic E-state index is 0. The number of benzene rings is 4. The summed E-state index contributed by atoms with van der Waals surface area (Å²) in [6, 6.07) is 40.2. The van der Waals surface area contributed by atoms with Crippen LogP contribution in [0.4, 0.5) is 0 Å². The summed E-state index contributed by atoms with van der Waals surface area (Å²) in [6.45, 7) is 15.1. The molecule has 0 bridgehead atoms. The van der Waals surface area contributed by atoms with Crippen molar-refractivity contribution in [2.24, 2.45) is 0 Å². The average Bonchev–Trinajstić information content (AvgIpc) is 3.46. The predicted octanol–water partition coefficient (Wildman–Crippen LogP) is 11.7. The van der Waals surface area contributed by atoms with Gasteiger partial charge in [0.15, 0.2) is 0 Å². The normalized spacial score (nSPS) is 11.3. The van der Waals surface area contributed by atoms with E-state index in [1.807, 2.05) is 62.6 Å². The van der Waals surface area contributed by atoms with Gasteiger partial charge in [-0.2, -0.15) is 0 Å². The maximum Gasteiger partial charge on any atom is 0.216 e. The van der Waals surface area contributed by atoms with Crippen LogP contribution < -0.4 is 0 Å². The van der Waals surface area contributed by atoms with E-state index in [2.05, 4.69) is 117 Å². The van der Waals surface area contributed by atoms with Crippen LogP contribution in [0.2, 0.25) is 0 Å². The molecular weight excluding hydrogens is 791 g/mol. The van der Waals surface area contributed by atoms with E-state index in [-0.39, 0.29) is 25.5 Å². The van der Waals surface area contributed by atoms with E-state index in [1.54, 1.807) is 0 Å². The second-order valence-electron chi connectivity index (χ2n) is 13.8. The van der Waals surface area contributed by atoms with Gasteiger partial charge in [-0.05, 0) is 94.4 Å². The summed E-state index contributed by atoms with van der Waals surface area (Å²) in [7, 11) is 0. The van der Waals surface area contributed by atoms with Crippen molar-refractivity contribution in [3.8, 4) is 33.6 Å². The number of hydrogen-bond acceptors (Lipinski definition) is 4. The van der Waals surface area contributed by atoms with Crippen LogP contribution in [-0.2, 0) is 25.5 Å². The molecule has 0 spiro atoms. The first-order valence-corrected chi connectivity index (χ1v) is 16.7. The fourth-order valence-corrected chi connectivity index (χ4v) is 6.44. The zero-order valence-electron chi connectivity index (χ0n) is 29.5. The zero-order valence-corrected chi connectivity index (χ0v) is 31.9. The van der Waals surface area contributed by atoms with Gasteiger partial charge in [0.2, 0.25) is 5.71 Å². The minimum Gasteiger partial charge on any atom is -0.486 e. The fourth-order valence-electron chi connectivity index (χ4n) is 6.44. The van der Waals surface area contributed by atoms with Crippen LogP contribution in [-0.4, -0.2) is 15.0 Å². The molecule has 4 nitrogen and oxygen atoms in total. The van der Waals surface area contributed by atoms with Crippen LogP contribution in [0.1, 0.15) is 48.7 Å². The van der Waals surface area contributed by atoms with Crippen molar-refractivity contribution in [1.29, 1.82) is 0 Å². The van der Waals surface area contributed by atoms with Gasteiger partial charge in [0.05, 0.1) is 5.58 Å². The van der Waals surface area contributed by atoms with Crippen molar-refractivity contribution in [3.63, 3.8) is 0 Å². The molecule has 4 aromatic carbocycles. The van der Waals surface area contributed by atoms with Gasteiger partial charge in [0.25, 0.3) is 0 Å². The Labute approximate surface area is 308 Å². The molecule has 0 aliphatic heterocycles. The molecule has 0 N–H and O–H groups in total. The maximum absolute atomic E-state index is 6.23. The summed E-state index contributed by atoms with van der Waals surface area (Å²) in [4.78, 5) is 13.7. The maximum atomic E-state index is 6.23. The number of hydrogen-bond donors (Lipinski definition) is 0. The molecule has 5 heteroatoms. The zero-order chi connectivity index (χ0) is 34.3. The molecule has 4 aromatic heterocycles. The van der Waals surface area contributed by atoms with Gasteiger partial charge >= 0.3 is 0 Å². The van der Waals surface area contributed by atoms with Crippen LogP contribution in [0, 0.1) is 39.8 Å². The largest absolute Gasteiger partial charge is 0.486 e. The monoisotopic (exact) mass is 830 g/mol. The third-order valence-electron chi connectivity index (χ3n) is 8.95. The Morgan fingerprint density at radius 2 is 1.46 bits per heavy atom. The van der Waals surface area contributed by atoms with Gasteiger partial charge < -0.3 is 14.4 Å². The van der Waals surface area contributed by atoms with Crippen molar-refractivity contribution >= 4 is 32.8 Å². The van der Waals surface area contributed by atoms with E-state index >= 15 is 0 Å². The average molecular weight is 830 g/mol. The molecule has 0 amide bonds. The number of nitrogens with zero attached hydrogens (tertiary/aromatic N) is 3. The molecule has 0 saturated heterocycles. The third-order valence-corrected chi connectivity index (χ3v) is 8.95. The molecule has 8 rings (SSSR count). The van der Waals surface area contributed by atoms with Gasteiger partial charge in [-0.15, -0.1) is 53.6 Å². The number of aromatic nitrogens is 3. The Morgan fingerprint density at radius 1 is 0.680 bits per heavy atom. The van der Waals surface area contributed by atoms with Gasteiger partial charge in [0.1, 0.15) is 0 Å². The fraction of sp³-hybridized carbons (Fsp3) is 0.178. The number of furan rings is 1. The number of fused-ring (bicyclic) bond motifs is 4. The van der Waals surface area contributed by atoms with Crippen LogP contribution in [0.3, 0.4) is 0 Å². The van der Waals surface area contributed by atoms with Crippen LogP contribution in [0.5, 0.6) is 0 Å². The van der Waals surface area contributed by atoms with Crippen molar-refractivity contribution < 1.29 is 24.5 Å². The molecule has 8 aromatic rings. The smallest absolute Gasteiger partial charge is 0.216 e. The van der Waals surface area contributed by atoms with Gasteiger partial charge in [0, 0.05) is 43.6 Å². The van der Waals surface area contributed by atoms with E-state index in [0.717, 1.165) is 50.1 Å². The molecular formula is C45H39IrN3O-2. The molecule has 0 saturated carbocycles. The van der Waals surface area contributed by atoms with Gasteiger partial charge in [-0.1, -0.05) is 87.2 Å². The topological polar surface area (TPSA) is 51.8 Å². The van der Waals surface area contributed by atoms with E-state index in [1.165, 1.54) is 38.6 Å². The van der Waals surface area contributed by atoms with Crippen LogP contribution in [0.25, 0.3) is 66.5 Å². The number of aryl methyl sites for hydroxylation is 4. The quantitative estimate of drug-likeness (QED) is 0.166. The summed E-state index contributed by atoms with van der Waals surface area (Å²) in [5, 5.41) is 4.60. The Morgan fingerprint density at radius 3 is 2.18 bits per heavy atom. The van der Waals surface area contributed by atoms with Crippen LogP contribution >= 0.6 is 0 Å². The molecule has 4 heterocycles. The molecule has 0 aliphatic carbocycles. The minimum atomic E-state index is 0. The molecule has 0 fully saturated rings. The first-order valence-electron chi connectivity index (χ1n) is 16.7. The summed E-state index contributed by atoms with van der Waals surface area (Å²) in [6.07, 6.45) is 3.76. The van der Waals surface area contributed by atoms with Gasteiger partial charge in [-0.3, -0.25) is 0 Å². The molecule has 0 atom stereocenters. The third kappa shape index (κ3) is 6.89. The summed E-state index contributed by atoms with van der Waals surface area (Å²) in [5.41, 5.74) is 13.6. The van der Waals surface area contributed by atoms with E-state index in [9.17, 15) is 0 Å². The molecule has 1 radical (unpaired) electrons. The van der Waals surface area contributed by atoms with Crippen molar-refractivity contribution in [2.45, 2.75) is 53.9 Å². The Bertz CT molecular complexity index is 2410. The van der Waals surface area contributed by atoms with E-state index < -0.39 is 0 Å². The Hall–Kier alpha value is -4.96. The second-order valence-corrected chi connectivity index (χ2v) is 13.8. The van der Waals surface area contributed by atoms with Crippen molar-refractivity contribution in [1.82, 2.24) is 15.0 Å². The standard InChI is InChI=1S/C32H27N2O.C13H12N.Ir/c1-19-17-27(32(3,4)5)22-9-6-7-10-23(22)29(19)21-15-16-33-28(18-21)26-12-8-11-24-25-14-13-20(2)34-31(25)35-30(24)26;1-10-3-6-12(7-4-10)13-8-5-11(2)9-14-13;/h6-11,13-18H,1-5H3;3-6,8-9H,1-2H3;/q2*-1;. The number of rotatable bonds is 3. The van der Waals surface area contributed by atoms with Crippen molar-refractivity contribution in [3.05, 3.63) is 150 Å². The predicted molar refractivity (Wildman–Crippen MR) is 203 cm³/mol. The SMILES string of the molecule is Cc1c[c-]c(-c2ccc(C)cn2)cc1.Cc1ccc2c(n1)oc1c(-c3cc(-c4c(C)cc(C(C)(C)C)c5ccccc45)ccn3)[c-]ccc12.[Ir]. The first kappa shape index (κ1) is 34.9. The first-order chi connectivity index (χ1) is 23.6. The molecule has 251 valence electrons. The molecule has 50 heavy (non-hydrogen) atoms. The molecule has 0 aliphatic rings. The Balaban J connectivity index is 0.000000242. The number of pyridine rings is 3. The second kappa shape index (κ2) is 14.1. The molecule has 0 unspecified atom stereocenters. The van der Waals surface area contributed by atoms with E-state index in [0.29, 0.717) is 5.71 Å². The Kier molecular flexibility index (Phi) is 9.84. The summed E-state index contributed by atoms with van der Waals surface area (Å²) < 4.78 is 6.23. The van der Waals surface area contributed by atoms with Gasteiger partial charge in [-0.25, -0.2) is 4.98 Å². The summed E-state index contributed by atoms with van der Waals surface area (Å²) >= 11 is 0. The van der Waals surface area contributed by atoms with E-state index in [4.69, 9.17) is 9.40 Å².